The summed E-state index contributed by atoms with van der Waals surface area (Å²) >= 11 is 7.22. The number of rotatable bonds is 1. The molecule has 0 saturated heterocycles. The first-order chi connectivity index (χ1) is 13.1. The van der Waals surface area contributed by atoms with Gasteiger partial charge in [0.15, 0.2) is 4.80 Å². The lowest BCUT2D eigenvalue weighted by Gasteiger charge is -2.25. The number of para-hydroxylation sites is 1. The molecule has 0 atom stereocenters. The molecule has 3 aromatic rings. The van der Waals surface area contributed by atoms with E-state index in [0.29, 0.717) is 33.3 Å². The van der Waals surface area contributed by atoms with Crippen molar-refractivity contribution in [2.75, 3.05) is 16.9 Å². The maximum Gasteiger partial charge on any atom is 0.272 e. The number of halogens is 1. The Hall–Kier alpha value is -2.90. The molecule has 6 nitrogen and oxygen atoms in total. The summed E-state index contributed by atoms with van der Waals surface area (Å²) < 4.78 is 2.04. The summed E-state index contributed by atoms with van der Waals surface area (Å²) in [6, 6.07) is 14.8. The van der Waals surface area contributed by atoms with E-state index in [4.69, 9.17) is 11.6 Å². The molecule has 0 unspecified atom stereocenters. The van der Waals surface area contributed by atoms with Crippen molar-refractivity contribution in [1.82, 2.24) is 4.57 Å². The molecule has 0 saturated carbocycles. The van der Waals surface area contributed by atoms with E-state index in [1.807, 2.05) is 53.4 Å². The molecule has 3 heterocycles. The van der Waals surface area contributed by atoms with Crippen LogP contribution in [-0.2, 0) is 11.5 Å². The first-order valence-electron chi connectivity index (χ1n) is 8.31. The average molecular weight is 397 g/mol. The summed E-state index contributed by atoms with van der Waals surface area (Å²) in [5, 5.41) is 3.48. The van der Waals surface area contributed by atoms with Gasteiger partial charge in [-0.3, -0.25) is 14.2 Å². The van der Waals surface area contributed by atoms with Gasteiger partial charge in [0.05, 0.1) is 5.57 Å². The van der Waals surface area contributed by atoms with E-state index in [2.05, 4.69) is 10.3 Å². The highest BCUT2D eigenvalue weighted by molar-refractivity contribution is 7.07. The Morgan fingerprint density at radius 2 is 1.85 bits per heavy atom. The number of hydrogen-bond donors (Lipinski definition) is 1. The summed E-state index contributed by atoms with van der Waals surface area (Å²) in [6.07, 6.45) is 0. The van der Waals surface area contributed by atoms with Crippen LogP contribution in [0.3, 0.4) is 0 Å². The summed E-state index contributed by atoms with van der Waals surface area (Å²) in [7, 11) is 0. The standard InChI is InChI=1S/C19H13ClN4O2S/c20-11-5-7-12(8-6-11)23-9-21-19-24(10-23)18(26)16(27-19)15-13-3-1-2-4-14(13)22-17(15)25/h1-8H,9-10H2,(H,22,25). The number of nitrogens with one attached hydrogen (secondary N) is 1. The van der Waals surface area contributed by atoms with Crippen molar-refractivity contribution in [2.45, 2.75) is 6.67 Å². The van der Waals surface area contributed by atoms with Crippen molar-refractivity contribution in [3.05, 3.63) is 78.8 Å². The van der Waals surface area contributed by atoms with Gasteiger partial charge in [0, 0.05) is 22.0 Å². The number of carbonyl (C=O) groups is 1. The lowest BCUT2D eigenvalue weighted by molar-refractivity contribution is -0.110. The Bertz CT molecular complexity index is 1260. The molecule has 0 spiro atoms. The predicted octanol–water partition coefficient (Wildman–Crippen LogP) is 1.77. The largest absolute Gasteiger partial charge is 0.334 e. The van der Waals surface area contributed by atoms with Crippen LogP contribution in [0.5, 0.6) is 0 Å². The van der Waals surface area contributed by atoms with Gasteiger partial charge in [-0.05, 0) is 30.3 Å². The van der Waals surface area contributed by atoms with Gasteiger partial charge in [-0.1, -0.05) is 41.1 Å². The highest BCUT2D eigenvalue weighted by atomic mass is 35.5. The number of hydrogen-bond acceptors (Lipinski definition) is 5. The molecule has 27 heavy (non-hydrogen) atoms. The van der Waals surface area contributed by atoms with Gasteiger partial charge in [0.1, 0.15) is 17.9 Å². The van der Waals surface area contributed by atoms with Crippen molar-refractivity contribution in [3.8, 4) is 0 Å². The zero-order chi connectivity index (χ0) is 18.5. The van der Waals surface area contributed by atoms with Crippen molar-refractivity contribution < 1.29 is 4.79 Å². The van der Waals surface area contributed by atoms with Crippen molar-refractivity contribution in [3.63, 3.8) is 0 Å². The minimum Gasteiger partial charge on any atom is -0.334 e. The third kappa shape index (κ3) is 2.58. The fourth-order valence-electron chi connectivity index (χ4n) is 3.32. The zero-order valence-electron chi connectivity index (χ0n) is 14.0. The minimum atomic E-state index is -0.248. The quantitative estimate of drug-likeness (QED) is 0.681. The Labute approximate surface area is 162 Å². The zero-order valence-corrected chi connectivity index (χ0v) is 15.5. The average Bonchev–Trinajstić information content (AvgIpc) is 3.18. The number of amides is 1. The molecule has 2 aliphatic rings. The second kappa shape index (κ2) is 6.07. The van der Waals surface area contributed by atoms with E-state index in [1.165, 1.54) is 11.3 Å². The first kappa shape index (κ1) is 16.3. The van der Waals surface area contributed by atoms with Crippen LogP contribution in [0.4, 0.5) is 11.4 Å². The molecule has 134 valence electrons. The van der Waals surface area contributed by atoms with Crippen LogP contribution in [0.1, 0.15) is 5.56 Å². The lowest BCUT2D eigenvalue weighted by Crippen LogP contribution is -2.43. The molecule has 2 aromatic carbocycles. The minimum absolute atomic E-state index is 0.195. The number of aromatic nitrogens is 1. The molecule has 5 rings (SSSR count). The van der Waals surface area contributed by atoms with Crippen LogP contribution in [0, 0.1) is 0 Å². The Morgan fingerprint density at radius 1 is 1.07 bits per heavy atom. The van der Waals surface area contributed by atoms with Crippen LogP contribution in [-0.4, -0.2) is 17.1 Å². The monoisotopic (exact) mass is 396 g/mol. The number of benzene rings is 2. The summed E-state index contributed by atoms with van der Waals surface area (Å²) in [5.74, 6) is -0.248. The van der Waals surface area contributed by atoms with Crippen LogP contribution in [0.2, 0.25) is 5.02 Å². The van der Waals surface area contributed by atoms with E-state index in [-0.39, 0.29) is 11.5 Å². The lowest BCUT2D eigenvalue weighted by atomic mass is 10.1. The van der Waals surface area contributed by atoms with Crippen LogP contribution in [0.15, 0.2) is 58.3 Å². The Kier molecular flexibility index (Phi) is 3.66. The van der Waals surface area contributed by atoms with E-state index in [1.54, 1.807) is 4.57 Å². The normalized spacial score (nSPS) is 17.2. The van der Waals surface area contributed by atoms with E-state index in [0.717, 1.165) is 16.9 Å². The highest BCUT2D eigenvalue weighted by Gasteiger charge is 2.27. The Balaban J connectivity index is 1.64. The van der Waals surface area contributed by atoms with Gasteiger partial charge in [-0.15, -0.1) is 0 Å². The third-order valence-electron chi connectivity index (χ3n) is 4.64. The molecule has 1 N–H and O–H groups in total. The summed E-state index contributed by atoms with van der Waals surface area (Å²) in [4.78, 5) is 32.7. The molecule has 8 heteroatoms. The molecule has 0 bridgehead atoms. The summed E-state index contributed by atoms with van der Waals surface area (Å²) in [5.41, 5.74) is 2.65. The maximum absolute atomic E-state index is 13.1. The van der Waals surface area contributed by atoms with Crippen LogP contribution < -0.4 is 25.1 Å². The fraction of sp³-hybridized carbons (Fsp3) is 0.105. The molecular formula is C19H13ClN4O2S. The second-order valence-corrected chi connectivity index (χ2v) is 7.69. The topological polar surface area (TPSA) is 66.7 Å². The number of nitrogens with zero attached hydrogens (tertiary/aromatic N) is 3. The van der Waals surface area contributed by atoms with E-state index >= 15 is 0 Å². The summed E-state index contributed by atoms with van der Waals surface area (Å²) in [6.45, 7) is 0.825. The van der Waals surface area contributed by atoms with Gasteiger partial charge >= 0.3 is 0 Å². The fourth-order valence-corrected chi connectivity index (χ4v) is 4.50. The smallest absolute Gasteiger partial charge is 0.272 e. The predicted molar refractivity (Wildman–Crippen MR) is 106 cm³/mol. The third-order valence-corrected chi connectivity index (χ3v) is 6.01. The maximum atomic E-state index is 13.1. The molecular weight excluding hydrogens is 384 g/mol. The van der Waals surface area contributed by atoms with E-state index in [9.17, 15) is 9.59 Å². The molecule has 0 radical (unpaired) electrons. The highest BCUT2D eigenvalue weighted by Crippen LogP contribution is 2.29. The van der Waals surface area contributed by atoms with E-state index < -0.39 is 0 Å². The molecule has 0 fully saturated rings. The van der Waals surface area contributed by atoms with Crippen LogP contribution in [0.25, 0.3) is 5.57 Å². The molecule has 2 aliphatic heterocycles. The molecule has 0 aliphatic carbocycles. The SMILES string of the molecule is O=C1Nc2ccccc2C1=c1sc2n(c1=O)CN(c1ccc(Cl)cc1)CN=2. The van der Waals surface area contributed by atoms with Gasteiger partial charge in [-0.25, -0.2) is 4.99 Å². The van der Waals surface area contributed by atoms with Crippen molar-refractivity contribution in [2.24, 2.45) is 4.99 Å². The Morgan fingerprint density at radius 3 is 2.67 bits per heavy atom. The number of fused-ring (bicyclic) bond motifs is 2. The van der Waals surface area contributed by atoms with Gasteiger partial charge in [0.2, 0.25) is 0 Å². The van der Waals surface area contributed by atoms with Gasteiger partial charge in [0.25, 0.3) is 11.5 Å². The number of carbonyl (C=O) groups excluding carboxylic acids is 1. The molecule has 1 amide bonds. The second-order valence-electron chi connectivity index (χ2n) is 6.28. The van der Waals surface area contributed by atoms with Gasteiger partial charge in [-0.2, -0.15) is 0 Å². The number of thiazole rings is 1. The van der Waals surface area contributed by atoms with Crippen molar-refractivity contribution >= 4 is 45.8 Å². The van der Waals surface area contributed by atoms with Crippen molar-refractivity contribution in [1.29, 1.82) is 0 Å². The first-order valence-corrected chi connectivity index (χ1v) is 9.51. The number of anilines is 2. The van der Waals surface area contributed by atoms with Crippen LogP contribution >= 0.6 is 22.9 Å². The molecule has 1 aromatic heterocycles. The van der Waals surface area contributed by atoms with Gasteiger partial charge < -0.3 is 10.2 Å².